The Morgan fingerprint density at radius 2 is 2.14 bits per heavy atom. The number of aromatic amines is 1. The molecule has 0 atom stereocenters. The van der Waals surface area contributed by atoms with Gasteiger partial charge in [0.15, 0.2) is 5.69 Å². The van der Waals surface area contributed by atoms with Crippen LogP contribution in [0.15, 0.2) is 4.47 Å². The Hall–Kier alpha value is -0.880. The molecular formula is C15H25BrN4O. The molecule has 0 saturated carbocycles. The number of carbonyl (C=O) groups is 1. The second-order valence-corrected chi connectivity index (χ2v) is 6.88. The molecular weight excluding hydrogens is 332 g/mol. The van der Waals surface area contributed by atoms with Crippen molar-refractivity contribution < 1.29 is 4.79 Å². The van der Waals surface area contributed by atoms with Crippen molar-refractivity contribution in [3.05, 3.63) is 15.9 Å². The van der Waals surface area contributed by atoms with Crippen molar-refractivity contribution in [1.29, 1.82) is 0 Å². The summed E-state index contributed by atoms with van der Waals surface area (Å²) in [6, 6.07) is 0. The molecule has 2 heterocycles. The Balaban J connectivity index is 1.96. The second kappa shape index (κ2) is 7.40. The summed E-state index contributed by atoms with van der Waals surface area (Å²) >= 11 is 3.52. The monoisotopic (exact) mass is 356 g/mol. The summed E-state index contributed by atoms with van der Waals surface area (Å²) in [6.07, 6.45) is 3.38. The molecule has 1 fully saturated rings. The molecule has 21 heavy (non-hydrogen) atoms. The zero-order valence-electron chi connectivity index (χ0n) is 13.1. The molecule has 118 valence electrons. The van der Waals surface area contributed by atoms with Crippen molar-refractivity contribution in [3.8, 4) is 0 Å². The van der Waals surface area contributed by atoms with Gasteiger partial charge in [0.2, 0.25) is 0 Å². The topological polar surface area (TPSA) is 61.0 Å². The first-order chi connectivity index (χ1) is 10.0. The number of halogens is 1. The van der Waals surface area contributed by atoms with Gasteiger partial charge in [-0.2, -0.15) is 5.10 Å². The molecule has 1 aliphatic rings. The van der Waals surface area contributed by atoms with E-state index in [1.54, 1.807) is 0 Å². The van der Waals surface area contributed by atoms with E-state index >= 15 is 0 Å². The number of hydrogen-bond donors (Lipinski definition) is 2. The number of rotatable bonds is 5. The molecule has 5 nitrogen and oxygen atoms in total. The maximum Gasteiger partial charge on any atom is 0.275 e. The molecule has 0 unspecified atom stereocenters. The van der Waals surface area contributed by atoms with Crippen molar-refractivity contribution in [3.63, 3.8) is 0 Å². The van der Waals surface area contributed by atoms with Gasteiger partial charge in [-0.25, -0.2) is 0 Å². The van der Waals surface area contributed by atoms with Gasteiger partial charge in [-0.15, -0.1) is 0 Å². The third kappa shape index (κ3) is 3.86. The number of nitrogens with zero attached hydrogens (tertiary/aromatic N) is 2. The first kappa shape index (κ1) is 16.5. The standard InChI is InChI=1S/C15H25BrN4O/c1-10(2)13-12(16)14(19-18-13)15(21)20-8-5-11(6-9-20)4-7-17-3/h10-11,17H,4-9H2,1-3H3,(H,18,19). The molecule has 6 heteroatoms. The zero-order valence-corrected chi connectivity index (χ0v) is 14.7. The summed E-state index contributed by atoms with van der Waals surface area (Å²) in [5.41, 5.74) is 1.51. The summed E-state index contributed by atoms with van der Waals surface area (Å²) in [5.74, 6) is 1.09. The quantitative estimate of drug-likeness (QED) is 0.852. The number of likely N-dealkylation sites (tertiary alicyclic amines) is 1. The highest BCUT2D eigenvalue weighted by atomic mass is 79.9. The van der Waals surface area contributed by atoms with Crippen LogP contribution in [-0.4, -0.2) is 47.7 Å². The average Bonchev–Trinajstić information content (AvgIpc) is 2.87. The van der Waals surface area contributed by atoms with Crippen LogP contribution in [0.3, 0.4) is 0 Å². The van der Waals surface area contributed by atoms with Crippen LogP contribution < -0.4 is 5.32 Å². The van der Waals surface area contributed by atoms with Crippen LogP contribution in [0, 0.1) is 5.92 Å². The minimum Gasteiger partial charge on any atom is -0.337 e. The minimum atomic E-state index is 0.0390. The molecule has 0 spiro atoms. The zero-order chi connectivity index (χ0) is 15.4. The van der Waals surface area contributed by atoms with E-state index in [0.29, 0.717) is 11.6 Å². The first-order valence-corrected chi connectivity index (χ1v) is 8.51. The summed E-state index contributed by atoms with van der Waals surface area (Å²) in [5, 5.41) is 10.4. The SMILES string of the molecule is CNCCC1CCN(C(=O)c2n[nH]c(C(C)C)c2Br)CC1. The number of aromatic nitrogens is 2. The van der Waals surface area contributed by atoms with Gasteiger partial charge in [-0.05, 0) is 60.6 Å². The fourth-order valence-corrected chi connectivity index (χ4v) is 3.59. The van der Waals surface area contributed by atoms with E-state index in [0.717, 1.165) is 48.6 Å². The normalized spacial score (nSPS) is 16.7. The summed E-state index contributed by atoms with van der Waals surface area (Å²) in [6.45, 7) is 6.90. The van der Waals surface area contributed by atoms with E-state index in [-0.39, 0.29) is 5.91 Å². The maximum atomic E-state index is 12.6. The average molecular weight is 357 g/mol. The first-order valence-electron chi connectivity index (χ1n) is 7.72. The highest BCUT2D eigenvalue weighted by molar-refractivity contribution is 9.10. The largest absolute Gasteiger partial charge is 0.337 e. The second-order valence-electron chi connectivity index (χ2n) is 6.08. The van der Waals surface area contributed by atoms with Gasteiger partial charge >= 0.3 is 0 Å². The van der Waals surface area contributed by atoms with Crippen LogP contribution >= 0.6 is 15.9 Å². The van der Waals surface area contributed by atoms with Crippen molar-refractivity contribution in [2.45, 2.75) is 39.0 Å². The lowest BCUT2D eigenvalue weighted by molar-refractivity contribution is 0.0680. The van der Waals surface area contributed by atoms with Crippen molar-refractivity contribution in [1.82, 2.24) is 20.4 Å². The van der Waals surface area contributed by atoms with Crippen LogP contribution in [-0.2, 0) is 0 Å². The number of hydrogen-bond acceptors (Lipinski definition) is 3. The number of amides is 1. The highest BCUT2D eigenvalue weighted by Crippen LogP contribution is 2.28. The summed E-state index contributed by atoms with van der Waals surface area (Å²) in [7, 11) is 1.99. The maximum absolute atomic E-state index is 12.6. The lowest BCUT2D eigenvalue weighted by atomic mass is 9.93. The molecule has 1 aromatic rings. The van der Waals surface area contributed by atoms with Crippen molar-refractivity contribution in [2.24, 2.45) is 5.92 Å². The number of piperidine rings is 1. The van der Waals surface area contributed by atoms with Gasteiger partial charge < -0.3 is 10.2 Å². The molecule has 1 aliphatic heterocycles. The molecule has 1 aromatic heterocycles. The number of carbonyl (C=O) groups excluding carboxylic acids is 1. The number of nitrogens with one attached hydrogen (secondary N) is 2. The van der Waals surface area contributed by atoms with Gasteiger partial charge in [-0.1, -0.05) is 13.8 Å². The van der Waals surface area contributed by atoms with Gasteiger partial charge in [0, 0.05) is 13.1 Å². The predicted octanol–water partition coefficient (Wildman–Crippen LogP) is 2.76. The van der Waals surface area contributed by atoms with Crippen LogP contribution in [0.25, 0.3) is 0 Å². The summed E-state index contributed by atoms with van der Waals surface area (Å²) in [4.78, 5) is 14.5. The lowest BCUT2D eigenvalue weighted by Crippen LogP contribution is -2.39. The Morgan fingerprint density at radius 1 is 1.48 bits per heavy atom. The van der Waals surface area contributed by atoms with Crippen LogP contribution in [0.1, 0.15) is 55.2 Å². The summed E-state index contributed by atoms with van der Waals surface area (Å²) < 4.78 is 0.819. The van der Waals surface area contributed by atoms with Crippen molar-refractivity contribution >= 4 is 21.8 Å². The van der Waals surface area contributed by atoms with E-state index in [1.807, 2.05) is 11.9 Å². The Morgan fingerprint density at radius 3 is 2.67 bits per heavy atom. The van der Waals surface area contributed by atoms with E-state index in [9.17, 15) is 4.79 Å². The van der Waals surface area contributed by atoms with E-state index < -0.39 is 0 Å². The molecule has 0 radical (unpaired) electrons. The molecule has 1 saturated heterocycles. The molecule has 2 N–H and O–H groups in total. The Kier molecular flexibility index (Phi) is 5.81. The third-order valence-electron chi connectivity index (χ3n) is 4.22. The van der Waals surface area contributed by atoms with Crippen LogP contribution in [0.4, 0.5) is 0 Å². The van der Waals surface area contributed by atoms with E-state index in [2.05, 4.69) is 45.3 Å². The molecule has 0 aromatic carbocycles. The number of H-pyrrole nitrogens is 1. The molecule has 1 amide bonds. The van der Waals surface area contributed by atoms with Crippen molar-refractivity contribution in [2.75, 3.05) is 26.7 Å². The third-order valence-corrected chi connectivity index (χ3v) is 5.02. The lowest BCUT2D eigenvalue weighted by Gasteiger charge is -2.31. The van der Waals surface area contributed by atoms with Gasteiger partial charge in [0.1, 0.15) is 0 Å². The highest BCUT2D eigenvalue weighted by Gasteiger charge is 2.27. The van der Waals surface area contributed by atoms with Crippen LogP contribution in [0.2, 0.25) is 0 Å². The van der Waals surface area contributed by atoms with Gasteiger partial charge in [-0.3, -0.25) is 9.89 Å². The van der Waals surface area contributed by atoms with Gasteiger partial charge in [0.25, 0.3) is 5.91 Å². The van der Waals surface area contributed by atoms with E-state index in [1.165, 1.54) is 6.42 Å². The molecule has 2 rings (SSSR count). The Labute approximate surface area is 135 Å². The fourth-order valence-electron chi connectivity index (χ4n) is 2.79. The van der Waals surface area contributed by atoms with Crippen LogP contribution in [0.5, 0.6) is 0 Å². The Bertz CT molecular complexity index is 478. The minimum absolute atomic E-state index is 0.0390. The van der Waals surface area contributed by atoms with E-state index in [4.69, 9.17) is 0 Å². The van der Waals surface area contributed by atoms with Gasteiger partial charge in [0.05, 0.1) is 10.2 Å². The fraction of sp³-hybridized carbons (Fsp3) is 0.733. The predicted molar refractivity (Wildman–Crippen MR) is 87.5 cm³/mol. The molecule has 0 bridgehead atoms. The molecule has 0 aliphatic carbocycles. The smallest absolute Gasteiger partial charge is 0.275 e.